The van der Waals surface area contributed by atoms with Gasteiger partial charge < -0.3 is 5.32 Å². The van der Waals surface area contributed by atoms with Crippen molar-refractivity contribution in [3.8, 4) is 0 Å². The van der Waals surface area contributed by atoms with Crippen LogP contribution >= 0.6 is 23.4 Å². The zero-order valence-electron chi connectivity index (χ0n) is 11.7. The Morgan fingerprint density at radius 3 is 2.48 bits per heavy atom. The van der Waals surface area contributed by atoms with E-state index in [0.29, 0.717) is 10.7 Å². The first-order valence-corrected chi connectivity index (χ1v) is 7.96. The lowest BCUT2D eigenvalue weighted by atomic mass is 10.1. The molecule has 2 aromatic rings. The minimum atomic E-state index is -0.431. The van der Waals surface area contributed by atoms with Crippen LogP contribution in [0.3, 0.4) is 0 Å². The summed E-state index contributed by atoms with van der Waals surface area (Å²) in [5.41, 5.74) is 1.68. The zero-order valence-corrected chi connectivity index (χ0v) is 13.2. The highest BCUT2D eigenvalue weighted by Gasteiger charge is 2.12. The van der Waals surface area contributed by atoms with Gasteiger partial charge in [-0.2, -0.15) is 0 Å². The fourth-order valence-corrected chi connectivity index (χ4v) is 2.53. The second-order valence-electron chi connectivity index (χ2n) is 4.56. The maximum atomic E-state index is 10.8. The van der Waals surface area contributed by atoms with Crippen molar-refractivity contribution in [2.24, 2.45) is 0 Å². The molecule has 0 saturated heterocycles. The predicted octanol–water partition coefficient (Wildman–Crippen LogP) is 5.14. The molecule has 0 spiro atoms. The Bertz CT molecular complexity index is 647. The highest BCUT2D eigenvalue weighted by molar-refractivity contribution is 7.98. The molecule has 0 heterocycles. The van der Waals surface area contributed by atoms with Crippen LogP contribution in [-0.4, -0.2) is 11.2 Å². The molecule has 0 aliphatic carbocycles. The molecule has 1 N–H and O–H groups in total. The molecule has 0 radical (unpaired) electrons. The van der Waals surface area contributed by atoms with Gasteiger partial charge in [-0.05, 0) is 36.9 Å². The van der Waals surface area contributed by atoms with Gasteiger partial charge in [0.15, 0.2) is 0 Å². The number of non-ortho nitro benzene ring substituents is 1. The SMILES string of the molecule is CSc1ccc(C(C)Nc2cc([N+](=O)[O-])ccc2Cl)cc1. The molecule has 0 fully saturated rings. The first kappa shape index (κ1) is 15.7. The predicted molar refractivity (Wildman–Crippen MR) is 88.4 cm³/mol. The molecular weight excluding hydrogens is 308 g/mol. The van der Waals surface area contributed by atoms with Crippen molar-refractivity contribution < 1.29 is 4.92 Å². The molecule has 0 aliphatic heterocycles. The van der Waals surface area contributed by atoms with Crippen molar-refractivity contribution in [1.82, 2.24) is 0 Å². The van der Waals surface area contributed by atoms with E-state index in [4.69, 9.17) is 11.6 Å². The van der Waals surface area contributed by atoms with Crippen molar-refractivity contribution in [2.75, 3.05) is 11.6 Å². The number of nitro benzene ring substituents is 1. The van der Waals surface area contributed by atoms with E-state index in [1.165, 1.54) is 23.1 Å². The van der Waals surface area contributed by atoms with Gasteiger partial charge in [-0.1, -0.05) is 23.7 Å². The van der Waals surface area contributed by atoms with Crippen LogP contribution in [0.4, 0.5) is 11.4 Å². The molecule has 0 amide bonds. The molecule has 110 valence electrons. The summed E-state index contributed by atoms with van der Waals surface area (Å²) in [6.45, 7) is 1.99. The molecule has 0 bridgehead atoms. The Balaban J connectivity index is 2.19. The van der Waals surface area contributed by atoms with Crippen molar-refractivity contribution in [3.05, 3.63) is 63.2 Å². The van der Waals surface area contributed by atoms with Crippen LogP contribution < -0.4 is 5.32 Å². The molecule has 0 aliphatic rings. The molecule has 2 rings (SSSR count). The number of benzene rings is 2. The standard InChI is InChI=1S/C15H15ClN2O2S/c1-10(11-3-6-13(21-2)7-4-11)17-15-9-12(18(19)20)5-8-14(15)16/h3-10,17H,1-2H3. The van der Waals surface area contributed by atoms with Crippen LogP contribution in [0.15, 0.2) is 47.4 Å². The second kappa shape index (κ2) is 6.83. The van der Waals surface area contributed by atoms with Crippen LogP contribution in [0.1, 0.15) is 18.5 Å². The van der Waals surface area contributed by atoms with E-state index >= 15 is 0 Å². The van der Waals surface area contributed by atoms with Crippen LogP contribution in [0.2, 0.25) is 5.02 Å². The number of nitrogens with zero attached hydrogens (tertiary/aromatic N) is 1. The second-order valence-corrected chi connectivity index (χ2v) is 5.85. The molecule has 4 nitrogen and oxygen atoms in total. The maximum Gasteiger partial charge on any atom is 0.271 e. The van der Waals surface area contributed by atoms with Crippen molar-refractivity contribution in [1.29, 1.82) is 0 Å². The number of thioether (sulfide) groups is 1. The summed E-state index contributed by atoms with van der Waals surface area (Å²) in [6.07, 6.45) is 2.03. The largest absolute Gasteiger partial charge is 0.377 e. The lowest BCUT2D eigenvalue weighted by Crippen LogP contribution is -2.07. The van der Waals surface area contributed by atoms with Gasteiger partial charge in [0, 0.05) is 23.1 Å². The smallest absolute Gasteiger partial charge is 0.271 e. The van der Waals surface area contributed by atoms with Crippen LogP contribution in [0.5, 0.6) is 0 Å². The van der Waals surface area contributed by atoms with Gasteiger partial charge in [0.05, 0.1) is 15.6 Å². The third kappa shape index (κ3) is 3.89. The van der Waals surface area contributed by atoms with Gasteiger partial charge in [0.25, 0.3) is 5.69 Å². The van der Waals surface area contributed by atoms with E-state index in [9.17, 15) is 10.1 Å². The summed E-state index contributed by atoms with van der Waals surface area (Å²) in [7, 11) is 0. The molecule has 1 atom stereocenters. The molecule has 0 saturated carbocycles. The van der Waals surface area contributed by atoms with Crippen LogP contribution in [0, 0.1) is 10.1 Å². The maximum absolute atomic E-state index is 10.8. The summed E-state index contributed by atoms with van der Waals surface area (Å²) in [5, 5.41) is 14.5. The highest BCUT2D eigenvalue weighted by atomic mass is 35.5. The molecule has 0 aromatic heterocycles. The summed E-state index contributed by atoms with van der Waals surface area (Å²) in [4.78, 5) is 11.6. The number of hydrogen-bond acceptors (Lipinski definition) is 4. The Morgan fingerprint density at radius 2 is 1.90 bits per heavy atom. The number of nitro groups is 1. The number of rotatable bonds is 5. The third-order valence-electron chi connectivity index (χ3n) is 3.15. The van der Waals surface area contributed by atoms with Gasteiger partial charge >= 0.3 is 0 Å². The minimum Gasteiger partial charge on any atom is -0.377 e. The lowest BCUT2D eigenvalue weighted by Gasteiger charge is -2.17. The van der Waals surface area contributed by atoms with Gasteiger partial charge in [-0.25, -0.2) is 0 Å². The number of nitrogens with one attached hydrogen (secondary N) is 1. The fourth-order valence-electron chi connectivity index (χ4n) is 1.95. The number of hydrogen-bond donors (Lipinski definition) is 1. The van der Waals surface area contributed by atoms with Crippen molar-refractivity contribution >= 4 is 34.7 Å². The number of halogens is 1. The summed E-state index contributed by atoms with van der Waals surface area (Å²) >= 11 is 7.78. The van der Waals surface area contributed by atoms with E-state index in [-0.39, 0.29) is 11.7 Å². The quantitative estimate of drug-likeness (QED) is 0.470. The molecular formula is C15H15ClN2O2S. The van der Waals surface area contributed by atoms with Crippen LogP contribution in [0.25, 0.3) is 0 Å². The molecule has 2 aromatic carbocycles. The van der Waals surface area contributed by atoms with E-state index < -0.39 is 4.92 Å². The first-order valence-electron chi connectivity index (χ1n) is 6.35. The average Bonchev–Trinajstić information content (AvgIpc) is 2.49. The van der Waals surface area contributed by atoms with Crippen molar-refractivity contribution in [2.45, 2.75) is 17.9 Å². The van der Waals surface area contributed by atoms with Crippen molar-refractivity contribution in [3.63, 3.8) is 0 Å². The normalized spacial score (nSPS) is 12.0. The van der Waals surface area contributed by atoms with E-state index in [1.54, 1.807) is 11.8 Å². The Kier molecular flexibility index (Phi) is 5.09. The monoisotopic (exact) mass is 322 g/mol. The summed E-state index contributed by atoms with van der Waals surface area (Å²) in [6, 6.07) is 12.6. The summed E-state index contributed by atoms with van der Waals surface area (Å²) < 4.78 is 0. The summed E-state index contributed by atoms with van der Waals surface area (Å²) in [5.74, 6) is 0. The van der Waals surface area contributed by atoms with Crippen LogP contribution in [-0.2, 0) is 0 Å². The first-order chi connectivity index (χ1) is 10.0. The molecule has 1 unspecified atom stereocenters. The van der Waals surface area contributed by atoms with Gasteiger partial charge in [0.1, 0.15) is 0 Å². The van der Waals surface area contributed by atoms with E-state index in [1.807, 2.05) is 37.4 Å². The third-order valence-corrected chi connectivity index (χ3v) is 4.22. The van der Waals surface area contributed by atoms with Gasteiger partial charge in [-0.15, -0.1) is 11.8 Å². The Hall–Kier alpha value is -1.72. The lowest BCUT2D eigenvalue weighted by molar-refractivity contribution is -0.384. The fraction of sp³-hybridized carbons (Fsp3) is 0.200. The highest BCUT2D eigenvalue weighted by Crippen LogP contribution is 2.30. The average molecular weight is 323 g/mol. The molecule has 21 heavy (non-hydrogen) atoms. The Morgan fingerprint density at radius 1 is 1.24 bits per heavy atom. The van der Waals surface area contributed by atoms with Gasteiger partial charge in [0.2, 0.25) is 0 Å². The van der Waals surface area contributed by atoms with Gasteiger partial charge in [-0.3, -0.25) is 10.1 Å². The Labute approximate surface area is 132 Å². The topological polar surface area (TPSA) is 55.2 Å². The minimum absolute atomic E-state index is 0.000380. The number of anilines is 1. The van der Waals surface area contributed by atoms with E-state index in [2.05, 4.69) is 5.32 Å². The zero-order chi connectivity index (χ0) is 15.4. The van der Waals surface area contributed by atoms with E-state index in [0.717, 1.165) is 5.56 Å². The molecule has 6 heteroatoms.